The zero-order chi connectivity index (χ0) is 21.6. The minimum Gasteiger partial charge on any atom is -0.452 e. The average molecular weight is 412 g/mol. The van der Waals surface area contributed by atoms with E-state index in [-0.39, 0.29) is 18.6 Å². The maximum absolute atomic E-state index is 13.1. The Morgan fingerprint density at radius 2 is 1.42 bits per heavy atom. The second-order valence-electron chi connectivity index (χ2n) is 7.59. The predicted octanol–water partition coefficient (Wildman–Crippen LogP) is 5.81. The molecule has 0 saturated carbocycles. The van der Waals surface area contributed by atoms with Crippen LogP contribution in [0.15, 0.2) is 84.9 Å². The van der Waals surface area contributed by atoms with Crippen LogP contribution in [-0.4, -0.2) is 18.5 Å². The first-order valence-electron chi connectivity index (χ1n) is 10.6. The molecule has 0 heterocycles. The second-order valence-corrected chi connectivity index (χ2v) is 7.59. The van der Waals surface area contributed by atoms with Gasteiger partial charge in [-0.1, -0.05) is 92.2 Å². The van der Waals surface area contributed by atoms with Gasteiger partial charge in [-0.3, -0.25) is 4.79 Å². The number of ether oxygens (including phenoxy) is 1. The lowest BCUT2D eigenvalue weighted by molar-refractivity contribution is -0.125. The fourth-order valence-electron chi connectivity index (χ4n) is 3.97. The topological polar surface area (TPSA) is 55.4 Å². The first-order chi connectivity index (χ1) is 15.2. The highest BCUT2D eigenvalue weighted by molar-refractivity contribution is 6.16. The summed E-state index contributed by atoms with van der Waals surface area (Å²) >= 11 is 0. The molecule has 31 heavy (non-hydrogen) atoms. The molecule has 0 fully saturated rings. The van der Waals surface area contributed by atoms with Crippen LogP contribution in [0.2, 0.25) is 0 Å². The summed E-state index contributed by atoms with van der Waals surface area (Å²) in [5, 5.41) is 6.56. The normalized spacial score (nSPS) is 11.9. The van der Waals surface area contributed by atoms with E-state index in [1.807, 2.05) is 78.9 Å². The van der Waals surface area contributed by atoms with Gasteiger partial charge in [0.2, 0.25) is 0 Å². The van der Waals surface area contributed by atoms with Gasteiger partial charge in [0, 0.05) is 0 Å². The minimum absolute atomic E-state index is 0.101. The molecule has 0 bridgehead atoms. The van der Waals surface area contributed by atoms with Crippen molar-refractivity contribution in [2.45, 2.75) is 25.8 Å². The lowest BCUT2D eigenvalue weighted by atomic mass is 9.97. The third-order valence-corrected chi connectivity index (χ3v) is 5.42. The van der Waals surface area contributed by atoms with E-state index in [2.05, 4.69) is 18.3 Å². The molecule has 0 saturated heterocycles. The number of amides is 1. The molecule has 0 aliphatic heterocycles. The Bertz CT molecular complexity index is 1160. The van der Waals surface area contributed by atoms with Crippen molar-refractivity contribution in [2.75, 3.05) is 6.61 Å². The number of fused-ring (bicyclic) bond motifs is 2. The van der Waals surface area contributed by atoms with Crippen molar-refractivity contribution in [3.63, 3.8) is 0 Å². The van der Waals surface area contributed by atoms with E-state index in [0.29, 0.717) is 5.56 Å². The van der Waals surface area contributed by atoms with Crippen LogP contribution in [0.5, 0.6) is 0 Å². The van der Waals surface area contributed by atoms with Crippen LogP contribution in [0.4, 0.5) is 0 Å². The zero-order valence-electron chi connectivity index (χ0n) is 17.5. The Hall–Kier alpha value is -3.66. The van der Waals surface area contributed by atoms with Gasteiger partial charge in [-0.15, -0.1) is 0 Å². The quantitative estimate of drug-likeness (QED) is 0.308. The molecule has 0 unspecified atom stereocenters. The SMILES string of the molecule is CCC[C@H](NC(=O)COC(=O)c1c2ccccc2cc2ccccc12)c1ccccc1. The van der Waals surface area contributed by atoms with Crippen LogP contribution in [0, 0.1) is 0 Å². The highest BCUT2D eigenvalue weighted by Crippen LogP contribution is 2.29. The van der Waals surface area contributed by atoms with Gasteiger partial charge in [-0.25, -0.2) is 4.79 Å². The maximum atomic E-state index is 13.1. The molecule has 0 aliphatic rings. The molecule has 156 valence electrons. The monoisotopic (exact) mass is 411 g/mol. The molecule has 1 N–H and O–H groups in total. The van der Waals surface area contributed by atoms with Gasteiger partial charge in [0.05, 0.1) is 11.6 Å². The van der Waals surface area contributed by atoms with Crippen molar-refractivity contribution in [3.8, 4) is 0 Å². The average Bonchev–Trinajstić information content (AvgIpc) is 2.81. The number of rotatable bonds is 7. The number of carbonyl (C=O) groups is 2. The molecule has 0 aromatic heterocycles. The fourth-order valence-corrected chi connectivity index (χ4v) is 3.97. The molecule has 1 atom stereocenters. The maximum Gasteiger partial charge on any atom is 0.339 e. The van der Waals surface area contributed by atoms with Crippen molar-refractivity contribution >= 4 is 33.4 Å². The number of hydrogen-bond acceptors (Lipinski definition) is 3. The Balaban J connectivity index is 1.53. The summed E-state index contributed by atoms with van der Waals surface area (Å²) < 4.78 is 5.47. The molecule has 0 spiro atoms. The number of nitrogens with one attached hydrogen (secondary N) is 1. The van der Waals surface area contributed by atoms with Crippen molar-refractivity contribution in [1.29, 1.82) is 0 Å². The van der Waals surface area contributed by atoms with Crippen molar-refractivity contribution in [1.82, 2.24) is 5.32 Å². The molecule has 4 heteroatoms. The number of esters is 1. The highest BCUT2D eigenvalue weighted by atomic mass is 16.5. The van der Waals surface area contributed by atoms with E-state index in [0.717, 1.165) is 39.9 Å². The molecule has 0 radical (unpaired) electrons. The van der Waals surface area contributed by atoms with Gasteiger partial charge >= 0.3 is 5.97 Å². The van der Waals surface area contributed by atoms with E-state index in [4.69, 9.17) is 4.74 Å². The Morgan fingerprint density at radius 1 is 0.839 bits per heavy atom. The van der Waals surface area contributed by atoms with Gasteiger partial charge in [-0.05, 0) is 39.6 Å². The third kappa shape index (κ3) is 4.58. The summed E-state index contributed by atoms with van der Waals surface area (Å²) in [5.74, 6) is -0.796. The highest BCUT2D eigenvalue weighted by Gasteiger charge is 2.19. The number of benzene rings is 4. The summed E-state index contributed by atoms with van der Waals surface area (Å²) in [6.07, 6.45) is 1.75. The zero-order valence-corrected chi connectivity index (χ0v) is 17.5. The summed E-state index contributed by atoms with van der Waals surface area (Å²) in [7, 11) is 0. The van der Waals surface area contributed by atoms with Crippen LogP contribution in [-0.2, 0) is 9.53 Å². The summed E-state index contributed by atoms with van der Waals surface area (Å²) in [6.45, 7) is 1.76. The van der Waals surface area contributed by atoms with Crippen molar-refractivity contribution < 1.29 is 14.3 Å². The lowest BCUT2D eigenvalue weighted by Gasteiger charge is -2.19. The van der Waals surface area contributed by atoms with Gasteiger partial charge < -0.3 is 10.1 Å². The molecule has 4 aromatic rings. The number of hydrogen-bond donors (Lipinski definition) is 1. The van der Waals surface area contributed by atoms with Crippen molar-refractivity contribution in [3.05, 3.63) is 96.1 Å². The Kier molecular flexibility index (Phi) is 6.27. The third-order valence-electron chi connectivity index (χ3n) is 5.42. The second kappa shape index (κ2) is 9.43. The van der Waals surface area contributed by atoms with E-state index >= 15 is 0 Å². The molecule has 0 aliphatic carbocycles. The summed E-state index contributed by atoms with van der Waals surface area (Å²) in [4.78, 5) is 25.6. The van der Waals surface area contributed by atoms with E-state index < -0.39 is 5.97 Å². The number of carbonyl (C=O) groups excluding carboxylic acids is 2. The van der Waals surface area contributed by atoms with Crippen LogP contribution in [0.3, 0.4) is 0 Å². The van der Waals surface area contributed by atoms with Crippen LogP contribution in [0.25, 0.3) is 21.5 Å². The smallest absolute Gasteiger partial charge is 0.339 e. The standard InChI is InChI=1S/C27H25NO3/c1-2-10-24(19-11-4-3-5-12-19)28-25(29)18-31-27(30)26-22-15-8-6-13-20(22)17-21-14-7-9-16-23(21)26/h3-9,11-17,24H,2,10,18H2,1H3,(H,28,29)/t24-/m0/s1. The van der Waals surface area contributed by atoms with Crippen LogP contribution < -0.4 is 5.32 Å². The molecule has 4 nitrogen and oxygen atoms in total. The minimum atomic E-state index is -0.491. The first-order valence-corrected chi connectivity index (χ1v) is 10.6. The molecular formula is C27H25NO3. The van der Waals surface area contributed by atoms with Gasteiger partial charge in [0.25, 0.3) is 5.91 Å². The predicted molar refractivity (Wildman–Crippen MR) is 124 cm³/mol. The van der Waals surface area contributed by atoms with Crippen molar-refractivity contribution in [2.24, 2.45) is 0 Å². The van der Waals surface area contributed by atoms with Gasteiger partial charge in [0.15, 0.2) is 6.61 Å². The lowest BCUT2D eigenvalue weighted by Crippen LogP contribution is -2.32. The fraction of sp³-hybridized carbons (Fsp3) is 0.185. The van der Waals surface area contributed by atoms with Gasteiger partial charge in [-0.2, -0.15) is 0 Å². The summed E-state index contributed by atoms with van der Waals surface area (Å²) in [6, 6.07) is 27.2. The van der Waals surface area contributed by atoms with E-state index in [1.54, 1.807) is 0 Å². The van der Waals surface area contributed by atoms with Gasteiger partial charge in [0.1, 0.15) is 0 Å². The van der Waals surface area contributed by atoms with E-state index in [9.17, 15) is 9.59 Å². The molecular weight excluding hydrogens is 386 g/mol. The molecule has 4 rings (SSSR count). The van der Waals surface area contributed by atoms with Crippen LogP contribution in [0.1, 0.15) is 41.7 Å². The Morgan fingerprint density at radius 3 is 2.03 bits per heavy atom. The largest absolute Gasteiger partial charge is 0.452 e. The summed E-state index contributed by atoms with van der Waals surface area (Å²) in [5.41, 5.74) is 1.54. The first kappa shape index (κ1) is 20.6. The van der Waals surface area contributed by atoms with Crippen LogP contribution >= 0.6 is 0 Å². The Labute approximate surface area is 181 Å². The molecule has 1 amide bonds. The van der Waals surface area contributed by atoms with E-state index in [1.165, 1.54) is 0 Å². The molecule has 4 aromatic carbocycles.